The summed E-state index contributed by atoms with van der Waals surface area (Å²) in [6, 6.07) is 0. The third-order valence-electron chi connectivity index (χ3n) is 5.18. The molecule has 2 aliphatic heterocycles. The molecule has 160 valence electrons. The van der Waals surface area contributed by atoms with Gasteiger partial charge in [-0.1, -0.05) is 27.7 Å². The topological polar surface area (TPSA) is 116 Å². The zero-order valence-corrected chi connectivity index (χ0v) is 17.5. The zero-order valence-electron chi connectivity index (χ0n) is 17.5. The SMILES string of the molecule is CC(C)C(=O)N1CNC(=O)C1.CCC(C)C(=O)N1CCC(COC)(C(=O)O)C1. The summed E-state index contributed by atoms with van der Waals surface area (Å²) in [4.78, 5) is 48.4. The van der Waals surface area contributed by atoms with E-state index in [1.165, 1.54) is 12.0 Å². The molecule has 2 unspecified atom stereocenters. The fourth-order valence-electron chi connectivity index (χ4n) is 3.17. The smallest absolute Gasteiger partial charge is 0.313 e. The predicted molar refractivity (Wildman–Crippen MR) is 102 cm³/mol. The summed E-state index contributed by atoms with van der Waals surface area (Å²) in [6.07, 6.45) is 1.25. The van der Waals surface area contributed by atoms with Crippen molar-refractivity contribution in [3.8, 4) is 0 Å². The Hall–Kier alpha value is -2.16. The Morgan fingerprint density at radius 1 is 1.21 bits per heavy atom. The van der Waals surface area contributed by atoms with Crippen LogP contribution in [0.4, 0.5) is 0 Å². The Bertz CT molecular complexity index is 594. The third-order valence-corrected chi connectivity index (χ3v) is 5.18. The quantitative estimate of drug-likeness (QED) is 0.673. The fourth-order valence-corrected chi connectivity index (χ4v) is 3.17. The van der Waals surface area contributed by atoms with Gasteiger partial charge in [-0.05, 0) is 12.8 Å². The summed E-state index contributed by atoms with van der Waals surface area (Å²) in [6.45, 7) is 9.01. The number of hydrogen-bond donors (Lipinski definition) is 2. The number of carbonyl (C=O) groups excluding carboxylic acids is 3. The van der Waals surface area contributed by atoms with E-state index in [0.717, 1.165) is 6.42 Å². The summed E-state index contributed by atoms with van der Waals surface area (Å²) in [5.41, 5.74) is -0.919. The maximum atomic E-state index is 12.0. The number of nitrogens with zero attached hydrogens (tertiary/aromatic N) is 2. The Labute approximate surface area is 166 Å². The maximum absolute atomic E-state index is 12.0. The molecule has 9 nitrogen and oxygen atoms in total. The first kappa shape index (κ1) is 23.9. The fraction of sp³-hybridized carbons (Fsp3) is 0.789. The highest BCUT2D eigenvalue weighted by Crippen LogP contribution is 2.32. The zero-order chi connectivity index (χ0) is 21.5. The second-order valence-electron chi connectivity index (χ2n) is 7.79. The van der Waals surface area contributed by atoms with Crippen LogP contribution in [0.2, 0.25) is 0 Å². The van der Waals surface area contributed by atoms with E-state index in [2.05, 4.69) is 5.32 Å². The van der Waals surface area contributed by atoms with E-state index in [1.54, 1.807) is 4.90 Å². The molecule has 0 saturated carbocycles. The van der Waals surface area contributed by atoms with Gasteiger partial charge < -0.3 is 25.0 Å². The highest BCUT2D eigenvalue weighted by molar-refractivity contribution is 5.88. The van der Waals surface area contributed by atoms with E-state index < -0.39 is 11.4 Å². The minimum absolute atomic E-state index is 0.0253. The van der Waals surface area contributed by atoms with Crippen molar-refractivity contribution in [2.75, 3.05) is 40.0 Å². The van der Waals surface area contributed by atoms with Gasteiger partial charge in [-0.15, -0.1) is 0 Å². The summed E-state index contributed by atoms with van der Waals surface area (Å²) >= 11 is 0. The number of methoxy groups -OCH3 is 1. The number of amides is 3. The van der Waals surface area contributed by atoms with Crippen molar-refractivity contribution in [2.24, 2.45) is 17.3 Å². The van der Waals surface area contributed by atoms with E-state index in [4.69, 9.17) is 4.74 Å². The lowest BCUT2D eigenvalue weighted by Gasteiger charge is -2.25. The number of carbonyl (C=O) groups is 4. The van der Waals surface area contributed by atoms with Crippen LogP contribution < -0.4 is 5.32 Å². The average Bonchev–Trinajstić information content (AvgIpc) is 3.28. The first-order valence-corrected chi connectivity index (χ1v) is 9.64. The number of ether oxygens (including phenoxy) is 1. The largest absolute Gasteiger partial charge is 0.481 e. The lowest BCUT2D eigenvalue weighted by atomic mass is 9.88. The first-order chi connectivity index (χ1) is 13.1. The minimum Gasteiger partial charge on any atom is -0.481 e. The molecule has 3 amide bonds. The van der Waals surface area contributed by atoms with Gasteiger partial charge in [-0.2, -0.15) is 0 Å². The lowest BCUT2D eigenvalue weighted by molar-refractivity contribution is -0.152. The maximum Gasteiger partial charge on any atom is 0.313 e. The molecule has 0 aliphatic carbocycles. The van der Waals surface area contributed by atoms with Crippen molar-refractivity contribution < 1.29 is 29.0 Å². The number of nitrogens with one attached hydrogen (secondary N) is 1. The molecule has 2 N–H and O–H groups in total. The highest BCUT2D eigenvalue weighted by Gasteiger charge is 2.46. The monoisotopic (exact) mass is 399 g/mol. The van der Waals surface area contributed by atoms with Gasteiger partial charge in [0.25, 0.3) is 0 Å². The molecule has 2 rings (SSSR count). The van der Waals surface area contributed by atoms with Crippen molar-refractivity contribution >= 4 is 23.7 Å². The summed E-state index contributed by atoms with van der Waals surface area (Å²) in [5.74, 6) is -0.933. The number of hydrogen-bond acceptors (Lipinski definition) is 5. The van der Waals surface area contributed by atoms with Crippen LogP contribution in [0, 0.1) is 17.3 Å². The standard InChI is InChI=1S/C12H21NO4.C7H12N2O2/c1-4-9(2)10(14)13-6-5-12(7-13,8-17-3)11(15)16;1-5(2)7(11)9-3-6(10)8-4-9/h9H,4-8H2,1-3H3,(H,15,16);5H,3-4H2,1-2H3,(H,8,10). The molecule has 0 aromatic carbocycles. The number of carboxylic acid groups (broad SMARTS) is 1. The van der Waals surface area contributed by atoms with Gasteiger partial charge in [0.2, 0.25) is 17.7 Å². The molecule has 2 aliphatic rings. The van der Waals surface area contributed by atoms with E-state index in [-0.39, 0.29) is 49.3 Å². The molecular formula is C19H33N3O6. The van der Waals surface area contributed by atoms with Crippen LogP contribution in [0.5, 0.6) is 0 Å². The van der Waals surface area contributed by atoms with E-state index in [9.17, 15) is 24.3 Å². The Kier molecular flexibility index (Phi) is 8.87. The molecule has 0 aromatic heterocycles. The van der Waals surface area contributed by atoms with Crippen LogP contribution in [0.25, 0.3) is 0 Å². The second kappa shape index (κ2) is 10.4. The van der Waals surface area contributed by atoms with Gasteiger partial charge in [-0.3, -0.25) is 19.2 Å². The molecule has 28 heavy (non-hydrogen) atoms. The summed E-state index contributed by atoms with van der Waals surface area (Å²) in [5, 5.41) is 11.8. The van der Waals surface area contributed by atoms with Crippen molar-refractivity contribution in [2.45, 2.75) is 40.5 Å². The van der Waals surface area contributed by atoms with E-state index in [0.29, 0.717) is 19.6 Å². The van der Waals surface area contributed by atoms with Gasteiger partial charge in [0.15, 0.2) is 0 Å². The predicted octanol–water partition coefficient (Wildman–Crippen LogP) is 0.541. The van der Waals surface area contributed by atoms with E-state index >= 15 is 0 Å². The molecular weight excluding hydrogens is 366 g/mol. The van der Waals surface area contributed by atoms with Crippen LogP contribution in [-0.2, 0) is 23.9 Å². The van der Waals surface area contributed by atoms with Crippen molar-refractivity contribution in [1.82, 2.24) is 15.1 Å². The average molecular weight is 399 g/mol. The lowest BCUT2D eigenvalue weighted by Crippen LogP contribution is -2.41. The molecule has 2 fully saturated rings. The molecule has 0 bridgehead atoms. The van der Waals surface area contributed by atoms with Crippen LogP contribution in [0.1, 0.15) is 40.5 Å². The number of aliphatic carboxylic acids is 1. The Morgan fingerprint density at radius 3 is 2.29 bits per heavy atom. The number of rotatable bonds is 6. The number of carboxylic acids is 1. The molecule has 2 atom stereocenters. The summed E-state index contributed by atoms with van der Waals surface area (Å²) in [7, 11) is 1.49. The minimum atomic E-state index is -0.919. The van der Waals surface area contributed by atoms with Crippen molar-refractivity contribution in [1.29, 1.82) is 0 Å². The van der Waals surface area contributed by atoms with Crippen LogP contribution in [-0.4, -0.2) is 78.6 Å². The Balaban J connectivity index is 0.000000307. The van der Waals surface area contributed by atoms with E-state index in [1.807, 2.05) is 27.7 Å². The van der Waals surface area contributed by atoms with Crippen LogP contribution in [0.15, 0.2) is 0 Å². The van der Waals surface area contributed by atoms with Gasteiger partial charge in [0.05, 0.1) is 13.3 Å². The number of likely N-dealkylation sites (tertiary alicyclic amines) is 1. The molecule has 2 heterocycles. The molecule has 0 radical (unpaired) electrons. The van der Waals surface area contributed by atoms with Gasteiger partial charge in [-0.25, -0.2) is 0 Å². The molecule has 2 saturated heterocycles. The third kappa shape index (κ3) is 5.92. The van der Waals surface area contributed by atoms with Crippen LogP contribution in [0.3, 0.4) is 0 Å². The van der Waals surface area contributed by atoms with Crippen molar-refractivity contribution in [3.05, 3.63) is 0 Å². The normalized spacial score (nSPS) is 22.6. The Morgan fingerprint density at radius 2 is 1.86 bits per heavy atom. The van der Waals surface area contributed by atoms with Gasteiger partial charge in [0, 0.05) is 32.0 Å². The molecule has 9 heteroatoms. The van der Waals surface area contributed by atoms with Gasteiger partial charge >= 0.3 is 5.97 Å². The molecule has 0 aromatic rings. The van der Waals surface area contributed by atoms with Crippen LogP contribution >= 0.6 is 0 Å². The summed E-state index contributed by atoms with van der Waals surface area (Å²) < 4.78 is 4.99. The molecule has 0 spiro atoms. The van der Waals surface area contributed by atoms with Gasteiger partial charge in [0.1, 0.15) is 12.0 Å². The first-order valence-electron chi connectivity index (χ1n) is 9.64. The van der Waals surface area contributed by atoms with Crippen molar-refractivity contribution in [3.63, 3.8) is 0 Å². The highest BCUT2D eigenvalue weighted by atomic mass is 16.5. The second-order valence-corrected chi connectivity index (χ2v) is 7.79.